The minimum atomic E-state index is 0.537. The lowest BCUT2D eigenvalue weighted by Crippen LogP contribution is -2.28. The van der Waals surface area contributed by atoms with Crippen LogP contribution in [0.15, 0.2) is 36.7 Å². The molecule has 1 aromatic carbocycles. The van der Waals surface area contributed by atoms with Gasteiger partial charge >= 0.3 is 0 Å². The third kappa shape index (κ3) is 4.20. The summed E-state index contributed by atoms with van der Waals surface area (Å²) in [7, 11) is 2.04. The predicted octanol–water partition coefficient (Wildman–Crippen LogP) is 2.94. The molecule has 0 bridgehead atoms. The molecule has 1 N–H and O–H groups in total. The van der Waals surface area contributed by atoms with Gasteiger partial charge in [-0.2, -0.15) is 0 Å². The molecule has 20 heavy (non-hydrogen) atoms. The van der Waals surface area contributed by atoms with Crippen LogP contribution in [0.1, 0.15) is 37.2 Å². The molecule has 1 aromatic heterocycles. The molecule has 0 saturated carbocycles. The Morgan fingerprint density at radius 3 is 2.50 bits per heavy atom. The Labute approximate surface area is 122 Å². The van der Waals surface area contributed by atoms with Crippen molar-refractivity contribution in [3.63, 3.8) is 0 Å². The Bertz CT molecular complexity index is 513. The van der Waals surface area contributed by atoms with E-state index < -0.39 is 0 Å². The second-order valence-electron chi connectivity index (χ2n) is 5.51. The molecule has 0 amide bonds. The highest BCUT2D eigenvalue weighted by molar-refractivity contribution is 5.25. The molecule has 0 radical (unpaired) electrons. The summed E-state index contributed by atoms with van der Waals surface area (Å²) in [6, 6.07) is 9.45. The molecule has 3 nitrogen and oxygen atoms in total. The summed E-state index contributed by atoms with van der Waals surface area (Å²) in [4.78, 5) is 4.37. The Morgan fingerprint density at radius 1 is 1.20 bits per heavy atom. The topological polar surface area (TPSA) is 29.9 Å². The second-order valence-corrected chi connectivity index (χ2v) is 5.51. The summed E-state index contributed by atoms with van der Waals surface area (Å²) in [5.41, 5.74) is 2.71. The largest absolute Gasteiger partial charge is 0.338 e. The first-order valence-corrected chi connectivity index (χ1v) is 7.46. The monoisotopic (exact) mass is 271 g/mol. The van der Waals surface area contributed by atoms with Gasteiger partial charge in [-0.3, -0.25) is 0 Å². The number of aromatic nitrogens is 2. The van der Waals surface area contributed by atoms with Crippen molar-refractivity contribution in [1.82, 2.24) is 14.9 Å². The zero-order valence-corrected chi connectivity index (χ0v) is 12.8. The summed E-state index contributed by atoms with van der Waals surface area (Å²) in [6.45, 7) is 5.54. The quantitative estimate of drug-likeness (QED) is 0.839. The number of nitrogens with zero attached hydrogens (tertiary/aromatic N) is 2. The van der Waals surface area contributed by atoms with Crippen LogP contribution in [-0.2, 0) is 19.9 Å². The third-order valence-electron chi connectivity index (χ3n) is 3.59. The Kier molecular flexibility index (Phi) is 5.36. The standard InChI is InChI=1S/C17H25N3/c1-4-9-18-14(2)12-15-5-7-16(8-6-15)13-17-19-10-11-20(17)3/h5-8,10-11,14,18H,4,9,12-13H2,1-3H3. The van der Waals surface area contributed by atoms with E-state index in [4.69, 9.17) is 0 Å². The van der Waals surface area contributed by atoms with Crippen LogP contribution in [0, 0.1) is 0 Å². The fraction of sp³-hybridized carbons (Fsp3) is 0.471. The lowest BCUT2D eigenvalue weighted by Gasteiger charge is -2.13. The van der Waals surface area contributed by atoms with Gasteiger partial charge in [-0.05, 0) is 37.4 Å². The van der Waals surface area contributed by atoms with Crippen LogP contribution in [0.3, 0.4) is 0 Å². The van der Waals surface area contributed by atoms with E-state index in [0.29, 0.717) is 6.04 Å². The highest BCUT2D eigenvalue weighted by Gasteiger charge is 2.04. The predicted molar refractivity (Wildman–Crippen MR) is 83.9 cm³/mol. The van der Waals surface area contributed by atoms with E-state index >= 15 is 0 Å². The number of aryl methyl sites for hydroxylation is 1. The molecule has 1 unspecified atom stereocenters. The molecule has 1 heterocycles. The van der Waals surface area contributed by atoms with Gasteiger partial charge in [0.05, 0.1) is 0 Å². The smallest absolute Gasteiger partial charge is 0.112 e. The fourth-order valence-corrected chi connectivity index (χ4v) is 2.36. The van der Waals surface area contributed by atoms with E-state index in [2.05, 4.69) is 53.0 Å². The van der Waals surface area contributed by atoms with Crippen LogP contribution in [0.4, 0.5) is 0 Å². The van der Waals surface area contributed by atoms with Gasteiger partial charge in [-0.1, -0.05) is 31.2 Å². The van der Waals surface area contributed by atoms with Crippen molar-refractivity contribution in [3.05, 3.63) is 53.6 Å². The summed E-state index contributed by atoms with van der Waals surface area (Å²) in [6.07, 6.45) is 7.01. The average molecular weight is 271 g/mol. The van der Waals surface area contributed by atoms with Gasteiger partial charge < -0.3 is 9.88 Å². The van der Waals surface area contributed by atoms with Crippen LogP contribution < -0.4 is 5.32 Å². The van der Waals surface area contributed by atoms with Crippen LogP contribution in [0.25, 0.3) is 0 Å². The van der Waals surface area contributed by atoms with Gasteiger partial charge in [0.25, 0.3) is 0 Å². The van der Waals surface area contributed by atoms with Crippen molar-refractivity contribution in [2.45, 2.75) is 39.2 Å². The van der Waals surface area contributed by atoms with Crippen molar-refractivity contribution in [2.24, 2.45) is 7.05 Å². The van der Waals surface area contributed by atoms with Crippen molar-refractivity contribution in [1.29, 1.82) is 0 Å². The maximum Gasteiger partial charge on any atom is 0.112 e. The van der Waals surface area contributed by atoms with E-state index in [-0.39, 0.29) is 0 Å². The highest BCUT2D eigenvalue weighted by Crippen LogP contribution is 2.10. The first-order chi connectivity index (χ1) is 9.69. The summed E-state index contributed by atoms with van der Waals surface area (Å²) >= 11 is 0. The lowest BCUT2D eigenvalue weighted by atomic mass is 10.0. The van der Waals surface area contributed by atoms with Crippen molar-refractivity contribution in [3.8, 4) is 0 Å². The highest BCUT2D eigenvalue weighted by atomic mass is 15.0. The average Bonchev–Trinajstić information content (AvgIpc) is 2.84. The van der Waals surface area contributed by atoms with Crippen molar-refractivity contribution >= 4 is 0 Å². The SMILES string of the molecule is CCCNC(C)Cc1ccc(Cc2nccn2C)cc1. The summed E-state index contributed by atoms with van der Waals surface area (Å²) in [5.74, 6) is 1.11. The minimum Gasteiger partial charge on any atom is -0.338 e. The number of rotatable bonds is 7. The molecule has 0 fully saturated rings. The minimum absolute atomic E-state index is 0.537. The number of hydrogen-bond acceptors (Lipinski definition) is 2. The van der Waals surface area contributed by atoms with E-state index in [1.54, 1.807) is 0 Å². The zero-order valence-electron chi connectivity index (χ0n) is 12.8. The summed E-state index contributed by atoms with van der Waals surface area (Å²) in [5, 5.41) is 3.53. The summed E-state index contributed by atoms with van der Waals surface area (Å²) < 4.78 is 2.07. The van der Waals surface area contributed by atoms with Crippen LogP contribution in [0.2, 0.25) is 0 Å². The van der Waals surface area contributed by atoms with E-state index in [0.717, 1.165) is 25.2 Å². The first-order valence-electron chi connectivity index (χ1n) is 7.46. The normalized spacial score (nSPS) is 12.6. The number of benzene rings is 1. The molecular weight excluding hydrogens is 246 g/mol. The first kappa shape index (κ1) is 14.8. The maximum absolute atomic E-state index is 4.37. The zero-order chi connectivity index (χ0) is 14.4. The van der Waals surface area contributed by atoms with E-state index in [9.17, 15) is 0 Å². The van der Waals surface area contributed by atoms with Gasteiger partial charge in [-0.15, -0.1) is 0 Å². The molecular formula is C17H25N3. The molecule has 3 heteroatoms. The molecule has 0 aliphatic heterocycles. The molecule has 1 atom stereocenters. The van der Waals surface area contributed by atoms with Gasteiger partial charge in [0, 0.05) is 31.9 Å². The van der Waals surface area contributed by atoms with Crippen LogP contribution >= 0.6 is 0 Å². The second kappa shape index (κ2) is 7.25. The lowest BCUT2D eigenvalue weighted by molar-refractivity contribution is 0.543. The maximum atomic E-state index is 4.37. The van der Waals surface area contributed by atoms with E-state index in [1.807, 2.05) is 19.4 Å². The van der Waals surface area contributed by atoms with Gasteiger partial charge in [0.1, 0.15) is 5.82 Å². The van der Waals surface area contributed by atoms with Crippen molar-refractivity contribution < 1.29 is 0 Å². The van der Waals surface area contributed by atoms with Gasteiger partial charge in [-0.25, -0.2) is 4.98 Å². The number of imidazole rings is 1. The number of hydrogen-bond donors (Lipinski definition) is 1. The van der Waals surface area contributed by atoms with Gasteiger partial charge in [0.15, 0.2) is 0 Å². The third-order valence-corrected chi connectivity index (χ3v) is 3.59. The fourth-order valence-electron chi connectivity index (χ4n) is 2.36. The number of nitrogens with one attached hydrogen (secondary N) is 1. The Morgan fingerprint density at radius 2 is 1.90 bits per heavy atom. The molecule has 0 aliphatic rings. The molecule has 0 aliphatic carbocycles. The van der Waals surface area contributed by atoms with Crippen molar-refractivity contribution in [2.75, 3.05) is 6.54 Å². The molecule has 2 aromatic rings. The Hall–Kier alpha value is -1.61. The molecule has 0 spiro atoms. The van der Waals surface area contributed by atoms with Crippen LogP contribution in [-0.4, -0.2) is 22.1 Å². The molecule has 0 saturated heterocycles. The van der Waals surface area contributed by atoms with Crippen LogP contribution in [0.5, 0.6) is 0 Å². The molecule has 2 rings (SSSR count). The Balaban J connectivity index is 1.91. The van der Waals surface area contributed by atoms with Gasteiger partial charge in [0.2, 0.25) is 0 Å². The molecule has 108 valence electrons. The van der Waals surface area contributed by atoms with E-state index in [1.165, 1.54) is 17.5 Å².